The fourth-order valence-electron chi connectivity index (χ4n) is 4.43. The molecule has 32 heavy (non-hydrogen) atoms. The van der Waals surface area contributed by atoms with Gasteiger partial charge in [-0.3, -0.25) is 9.69 Å². The molecule has 162 valence electrons. The summed E-state index contributed by atoms with van der Waals surface area (Å²) in [5, 5.41) is 0. The number of nitrogens with zero attached hydrogens (tertiary/aromatic N) is 4. The lowest BCUT2D eigenvalue weighted by molar-refractivity contribution is -0.132. The molecule has 0 spiro atoms. The molecule has 3 aromatic carbocycles. The second-order valence-corrected chi connectivity index (χ2v) is 8.41. The third-order valence-corrected chi connectivity index (χ3v) is 6.21. The van der Waals surface area contributed by atoms with E-state index in [9.17, 15) is 4.79 Å². The number of fused-ring (bicyclic) bond motifs is 1. The van der Waals surface area contributed by atoms with E-state index in [1.54, 1.807) is 0 Å². The molecular weight excluding hydrogens is 396 g/mol. The number of hydrogen-bond acceptors (Lipinski definition) is 3. The Kier molecular flexibility index (Phi) is 5.99. The molecule has 0 aliphatic carbocycles. The lowest BCUT2D eigenvalue weighted by Gasteiger charge is -2.34. The summed E-state index contributed by atoms with van der Waals surface area (Å²) in [5.74, 6) is 1.30. The van der Waals surface area contributed by atoms with Crippen molar-refractivity contribution < 1.29 is 4.79 Å². The number of rotatable bonds is 6. The van der Waals surface area contributed by atoms with E-state index in [0.29, 0.717) is 6.42 Å². The molecule has 1 aliphatic heterocycles. The summed E-state index contributed by atoms with van der Waals surface area (Å²) in [5.41, 5.74) is 4.56. The van der Waals surface area contributed by atoms with Crippen LogP contribution in [0.3, 0.4) is 0 Å². The van der Waals surface area contributed by atoms with Crippen molar-refractivity contribution in [1.29, 1.82) is 0 Å². The van der Waals surface area contributed by atoms with Gasteiger partial charge in [-0.1, -0.05) is 72.8 Å². The number of benzene rings is 3. The Balaban J connectivity index is 1.26. The van der Waals surface area contributed by atoms with Crippen LogP contribution in [0.5, 0.6) is 0 Å². The Morgan fingerprint density at radius 3 is 2.06 bits per heavy atom. The van der Waals surface area contributed by atoms with Crippen molar-refractivity contribution in [3.8, 4) is 0 Å². The van der Waals surface area contributed by atoms with Gasteiger partial charge in [0.2, 0.25) is 5.91 Å². The molecule has 1 saturated heterocycles. The van der Waals surface area contributed by atoms with Crippen LogP contribution in [0.4, 0.5) is 0 Å². The lowest BCUT2D eigenvalue weighted by Crippen LogP contribution is -2.49. The van der Waals surface area contributed by atoms with Gasteiger partial charge in [0.15, 0.2) is 0 Å². The predicted molar refractivity (Wildman–Crippen MR) is 127 cm³/mol. The largest absolute Gasteiger partial charge is 0.340 e. The monoisotopic (exact) mass is 424 g/mol. The fourth-order valence-corrected chi connectivity index (χ4v) is 4.43. The average molecular weight is 425 g/mol. The van der Waals surface area contributed by atoms with Crippen LogP contribution in [0.15, 0.2) is 84.9 Å². The topological polar surface area (TPSA) is 41.4 Å². The molecule has 0 N–H and O–H groups in total. The number of carbonyl (C=O) groups excluding carboxylic acids is 1. The Morgan fingerprint density at radius 1 is 0.719 bits per heavy atom. The molecule has 0 radical (unpaired) electrons. The quantitative estimate of drug-likeness (QED) is 0.470. The molecule has 0 unspecified atom stereocenters. The van der Waals surface area contributed by atoms with E-state index in [0.717, 1.165) is 56.2 Å². The number of piperazine rings is 1. The number of amides is 1. The Hall–Kier alpha value is -3.44. The highest BCUT2D eigenvalue weighted by Crippen LogP contribution is 2.20. The summed E-state index contributed by atoms with van der Waals surface area (Å²) in [6.07, 6.45) is 0.480. The van der Waals surface area contributed by atoms with Gasteiger partial charge in [0.25, 0.3) is 0 Å². The molecule has 5 nitrogen and oxygen atoms in total. The van der Waals surface area contributed by atoms with Gasteiger partial charge >= 0.3 is 0 Å². The highest BCUT2D eigenvalue weighted by molar-refractivity contribution is 5.79. The predicted octanol–water partition coefficient (Wildman–Crippen LogP) is 3.97. The lowest BCUT2D eigenvalue weighted by atomic mass is 10.1. The zero-order valence-corrected chi connectivity index (χ0v) is 18.2. The Bertz CT molecular complexity index is 1180. The van der Waals surface area contributed by atoms with Crippen LogP contribution in [0.2, 0.25) is 0 Å². The molecule has 0 saturated carbocycles. The van der Waals surface area contributed by atoms with Crippen LogP contribution in [0.1, 0.15) is 17.0 Å². The van der Waals surface area contributed by atoms with Crippen LogP contribution in [-0.4, -0.2) is 51.4 Å². The maximum Gasteiger partial charge on any atom is 0.227 e. The number of imidazole rings is 1. The molecular formula is C27H28N4O. The van der Waals surface area contributed by atoms with Gasteiger partial charge in [0.05, 0.1) is 24.0 Å². The smallest absolute Gasteiger partial charge is 0.227 e. The van der Waals surface area contributed by atoms with Gasteiger partial charge in [0, 0.05) is 32.7 Å². The standard InChI is InChI=1S/C27H28N4O/c32-27(19-22-9-3-1-4-10-22)30-17-15-29(16-18-30)21-26-28-24-13-7-8-14-25(24)31(26)20-23-11-5-2-6-12-23/h1-14H,15-21H2. The molecule has 4 aromatic rings. The van der Waals surface area contributed by atoms with Crippen molar-refractivity contribution in [3.63, 3.8) is 0 Å². The van der Waals surface area contributed by atoms with Gasteiger partial charge in [-0.25, -0.2) is 4.98 Å². The minimum atomic E-state index is 0.215. The third kappa shape index (κ3) is 4.58. The Labute approximate surface area is 188 Å². The molecule has 5 heteroatoms. The van der Waals surface area contributed by atoms with Crippen molar-refractivity contribution in [1.82, 2.24) is 19.4 Å². The number of aromatic nitrogens is 2. The second-order valence-electron chi connectivity index (χ2n) is 8.41. The summed E-state index contributed by atoms with van der Waals surface area (Å²) in [4.78, 5) is 22.1. The van der Waals surface area contributed by atoms with Gasteiger partial charge in [0.1, 0.15) is 5.82 Å². The fraction of sp³-hybridized carbons (Fsp3) is 0.259. The Morgan fingerprint density at radius 2 is 1.34 bits per heavy atom. The number of hydrogen-bond donors (Lipinski definition) is 0. The highest BCUT2D eigenvalue weighted by atomic mass is 16.2. The normalized spacial score (nSPS) is 14.7. The van der Waals surface area contributed by atoms with E-state index in [1.807, 2.05) is 41.3 Å². The summed E-state index contributed by atoms with van der Waals surface area (Å²) >= 11 is 0. The summed E-state index contributed by atoms with van der Waals surface area (Å²) < 4.78 is 2.33. The van der Waals surface area contributed by atoms with Crippen molar-refractivity contribution in [2.24, 2.45) is 0 Å². The minimum absolute atomic E-state index is 0.215. The number of carbonyl (C=O) groups is 1. The van der Waals surface area contributed by atoms with Crippen molar-refractivity contribution in [2.45, 2.75) is 19.5 Å². The maximum atomic E-state index is 12.7. The highest BCUT2D eigenvalue weighted by Gasteiger charge is 2.23. The van der Waals surface area contributed by atoms with E-state index in [4.69, 9.17) is 4.98 Å². The van der Waals surface area contributed by atoms with Crippen molar-refractivity contribution in [3.05, 3.63) is 102 Å². The molecule has 0 atom stereocenters. The van der Waals surface area contributed by atoms with Crippen LogP contribution >= 0.6 is 0 Å². The summed E-state index contributed by atoms with van der Waals surface area (Å²) in [7, 11) is 0. The van der Waals surface area contributed by atoms with E-state index in [-0.39, 0.29) is 5.91 Å². The minimum Gasteiger partial charge on any atom is -0.340 e. The van der Waals surface area contributed by atoms with Gasteiger partial charge in [-0.05, 0) is 23.3 Å². The molecule has 1 amide bonds. The molecule has 1 aromatic heterocycles. The molecule has 5 rings (SSSR count). The second kappa shape index (κ2) is 9.37. The van der Waals surface area contributed by atoms with Crippen LogP contribution in [0, 0.1) is 0 Å². The van der Waals surface area contributed by atoms with E-state index < -0.39 is 0 Å². The van der Waals surface area contributed by atoms with E-state index >= 15 is 0 Å². The van der Waals surface area contributed by atoms with Gasteiger partial charge in [-0.2, -0.15) is 0 Å². The average Bonchev–Trinajstić information content (AvgIpc) is 3.17. The zero-order chi connectivity index (χ0) is 21.8. The molecule has 1 aliphatic rings. The van der Waals surface area contributed by atoms with Gasteiger partial charge < -0.3 is 9.47 Å². The van der Waals surface area contributed by atoms with Crippen molar-refractivity contribution >= 4 is 16.9 Å². The first-order valence-corrected chi connectivity index (χ1v) is 11.3. The van der Waals surface area contributed by atoms with E-state index in [2.05, 4.69) is 58.0 Å². The number of para-hydroxylation sites is 2. The molecule has 0 bridgehead atoms. The third-order valence-electron chi connectivity index (χ3n) is 6.21. The van der Waals surface area contributed by atoms with E-state index in [1.165, 1.54) is 11.1 Å². The summed E-state index contributed by atoms with van der Waals surface area (Å²) in [6, 6.07) is 28.9. The zero-order valence-electron chi connectivity index (χ0n) is 18.2. The van der Waals surface area contributed by atoms with Crippen molar-refractivity contribution in [2.75, 3.05) is 26.2 Å². The molecule has 2 heterocycles. The maximum absolute atomic E-state index is 12.7. The van der Waals surface area contributed by atoms with Crippen LogP contribution in [0.25, 0.3) is 11.0 Å². The first-order valence-electron chi connectivity index (χ1n) is 11.3. The van der Waals surface area contributed by atoms with Crippen LogP contribution in [-0.2, 0) is 24.3 Å². The van der Waals surface area contributed by atoms with Gasteiger partial charge in [-0.15, -0.1) is 0 Å². The first kappa shape index (κ1) is 20.5. The molecule has 1 fully saturated rings. The summed E-state index contributed by atoms with van der Waals surface area (Å²) in [6.45, 7) is 4.88. The van der Waals surface area contributed by atoms with Crippen LogP contribution < -0.4 is 0 Å². The SMILES string of the molecule is O=C(Cc1ccccc1)N1CCN(Cc2nc3ccccc3n2Cc2ccccc2)CC1. The first-order chi connectivity index (χ1) is 15.8.